The zero-order chi connectivity index (χ0) is 22.0. The van der Waals surface area contributed by atoms with E-state index in [1.54, 1.807) is 30.7 Å². The lowest BCUT2D eigenvalue weighted by Crippen LogP contribution is -2.48. The molecule has 4 aliphatic rings. The van der Waals surface area contributed by atoms with E-state index in [4.69, 9.17) is 4.74 Å². The SMILES string of the molecule is O=C(CC12CC3CC(CC(C3)C1)C2)NCC(=O)Nc1ncccc1OCc1ccncc1. The van der Waals surface area contributed by atoms with Crippen LogP contribution in [0.1, 0.15) is 50.5 Å². The molecule has 4 saturated carbocycles. The standard InChI is InChI=1S/C25H30N4O3/c30-22(14-25-11-18-8-19(12-25)10-20(9-18)13-25)28-15-23(31)29-24-21(2-1-5-27-24)32-16-17-3-6-26-7-4-17/h1-7,18-20H,8-16H2,(H,28,30)(H,27,29,31). The number of nitrogens with zero attached hydrogens (tertiary/aromatic N) is 2. The lowest BCUT2D eigenvalue weighted by molar-refractivity contribution is -0.131. The number of carbonyl (C=O) groups excluding carboxylic acids is 2. The highest BCUT2D eigenvalue weighted by atomic mass is 16.5. The van der Waals surface area contributed by atoms with Gasteiger partial charge in [-0.15, -0.1) is 0 Å². The quantitative estimate of drug-likeness (QED) is 0.661. The second-order valence-electron chi connectivity index (χ2n) is 9.91. The highest BCUT2D eigenvalue weighted by Crippen LogP contribution is 2.61. The van der Waals surface area contributed by atoms with Crippen LogP contribution in [-0.2, 0) is 16.2 Å². The molecular weight excluding hydrogens is 404 g/mol. The molecule has 32 heavy (non-hydrogen) atoms. The first kappa shape index (κ1) is 20.9. The molecule has 7 nitrogen and oxygen atoms in total. The van der Waals surface area contributed by atoms with Gasteiger partial charge in [-0.3, -0.25) is 14.6 Å². The Balaban J connectivity index is 1.12. The second-order valence-corrected chi connectivity index (χ2v) is 9.91. The summed E-state index contributed by atoms with van der Waals surface area (Å²) in [7, 11) is 0. The molecule has 7 heteroatoms. The molecule has 4 bridgehead atoms. The van der Waals surface area contributed by atoms with Crippen LogP contribution in [-0.4, -0.2) is 28.3 Å². The summed E-state index contributed by atoms with van der Waals surface area (Å²) in [6, 6.07) is 7.25. The Morgan fingerprint density at radius 2 is 1.66 bits per heavy atom. The second kappa shape index (κ2) is 8.88. The first-order valence-electron chi connectivity index (χ1n) is 11.6. The van der Waals surface area contributed by atoms with Crippen molar-refractivity contribution in [3.63, 3.8) is 0 Å². The van der Waals surface area contributed by atoms with Gasteiger partial charge in [-0.25, -0.2) is 4.98 Å². The lowest BCUT2D eigenvalue weighted by Gasteiger charge is -2.56. The van der Waals surface area contributed by atoms with E-state index in [9.17, 15) is 9.59 Å². The van der Waals surface area contributed by atoms with Crippen LogP contribution in [0.25, 0.3) is 0 Å². The minimum atomic E-state index is -0.309. The van der Waals surface area contributed by atoms with E-state index in [0.29, 0.717) is 24.6 Å². The Morgan fingerprint density at radius 1 is 0.969 bits per heavy atom. The first-order chi connectivity index (χ1) is 15.6. The molecule has 2 aromatic rings. The van der Waals surface area contributed by atoms with Crippen molar-refractivity contribution in [3.05, 3.63) is 48.4 Å². The number of hydrogen-bond donors (Lipinski definition) is 2. The Hall–Kier alpha value is -2.96. The lowest BCUT2D eigenvalue weighted by atomic mass is 9.49. The topological polar surface area (TPSA) is 93.2 Å². The molecule has 2 amide bonds. The van der Waals surface area contributed by atoms with E-state index < -0.39 is 0 Å². The van der Waals surface area contributed by atoms with Gasteiger partial charge in [-0.1, -0.05) is 0 Å². The highest BCUT2D eigenvalue weighted by Gasteiger charge is 2.51. The van der Waals surface area contributed by atoms with Gasteiger partial charge in [0.15, 0.2) is 11.6 Å². The molecule has 168 valence electrons. The van der Waals surface area contributed by atoms with Gasteiger partial charge >= 0.3 is 0 Å². The number of hydrogen-bond acceptors (Lipinski definition) is 5. The van der Waals surface area contributed by atoms with Crippen LogP contribution in [0.2, 0.25) is 0 Å². The van der Waals surface area contributed by atoms with Crippen molar-refractivity contribution in [2.45, 2.75) is 51.6 Å². The van der Waals surface area contributed by atoms with Gasteiger partial charge in [0.05, 0.1) is 6.54 Å². The first-order valence-corrected chi connectivity index (χ1v) is 11.6. The number of aromatic nitrogens is 2. The summed E-state index contributed by atoms with van der Waals surface area (Å²) in [5.41, 5.74) is 1.14. The summed E-state index contributed by atoms with van der Waals surface area (Å²) in [6.45, 7) is 0.282. The van der Waals surface area contributed by atoms with Crippen LogP contribution >= 0.6 is 0 Å². The number of carbonyl (C=O) groups is 2. The number of amides is 2. The summed E-state index contributed by atoms with van der Waals surface area (Å²) < 4.78 is 5.82. The van der Waals surface area contributed by atoms with Crippen molar-refractivity contribution in [2.75, 3.05) is 11.9 Å². The van der Waals surface area contributed by atoms with Crippen LogP contribution in [0.3, 0.4) is 0 Å². The van der Waals surface area contributed by atoms with Crippen molar-refractivity contribution in [2.24, 2.45) is 23.2 Å². The Morgan fingerprint density at radius 3 is 2.34 bits per heavy atom. The zero-order valence-corrected chi connectivity index (χ0v) is 18.3. The maximum absolute atomic E-state index is 12.7. The molecule has 0 radical (unpaired) electrons. The summed E-state index contributed by atoms with van der Waals surface area (Å²) in [6.07, 6.45) is 13.2. The molecule has 2 aromatic heterocycles. The fourth-order valence-electron chi connectivity index (χ4n) is 6.51. The molecule has 0 aromatic carbocycles. The van der Waals surface area contributed by atoms with Gasteiger partial charge in [0.25, 0.3) is 0 Å². The Kier molecular flexibility index (Phi) is 5.81. The minimum absolute atomic E-state index is 0.0164. The predicted octanol–water partition coefficient (Wildman–Crippen LogP) is 3.72. The van der Waals surface area contributed by atoms with Crippen molar-refractivity contribution in [3.8, 4) is 5.75 Å². The van der Waals surface area contributed by atoms with Crippen LogP contribution < -0.4 is 15.4 Å². The van der Waals surface area contributed by atoms with Gasteiger partial charge in [-0.05, 0) is 91.5 Å². The zero-order valence-electron chi connectivity index (χ0n) is 18.3. The smallest absolute Gasteiger partial charge is 0.245 e. The number of anilines is 1. The van der Waals surface area contributed by atoms with Crippen LogP contribution in [0.15, 0.2) is 42.9 Å². The number of pyridine rings is 2. The normalized spacial score (nSPS) is 27.7. The van der Waals surface area contributed by atoms with Gasteiger partial charge in [-0.2, -0.15) is 0 Å². The Labute approximate surface area is 188 Å². The molecule has 0 aliphatic heterocycles. The largest absolute Gasteiger partial charge is 0.485 e. The molecule has 6 rings (SSSR count). The van der Waals surface area contributed by atoms with E-state index >= 15 is 0 Å². The average Bonchev–Trinajstić information content (AvgIpc) is 2.77. The fraction of sp³-hybridized carbons (Fsp3) is 0.520. The van der Waals surface area contributed by atoms with E-state index in [1.807, 2.05) is 12.1 Å². The van der Waals surface area contributed by atoms with Crippen LogP contribution in [0.4, 0.5) is 5.82 Å². The molecule has 4 fully saturated rings. The number of nitrogens with one attached hydrogen (secondary N) is 2. The molecule has 4 aliphatic carbocycles. The molecule has 0 saturated heterocycles. The molecule has 0 spiro atoms. The van der Waals surface area contributed by atoms with E-state index in [2.05, 4.69) is 20.6 Å². The van der Waals surface area contributed by atoms with Crippen LogP contribution in [0, 0.1) is 23.2 Å². The summed E-state index contributed by atoms with van der Waals surface area (Å²) in [4.78, 5) is 33.4. The summed E-state index contributed by atoms with van der Waals surface area (Å²) in [5, 5.41) is 5.59. The summed E-state index contributed by atoms with van der Waals surface area (Å²) in [5.74, 6) is 2.94. The van der Waals surface area contributed by atoms with Crippen molar-refractivity contribution in [1.82, 2.24) is 15.3 Å². The monoisotopic (exact) mass is 434 g/mol. The molecule has 2 N–H and O–H groups in total. The number of ether oxygens (including phenoxy) is 1. The highest BCUT2D eigenvalue weighted by molar-refractivity contribution is 5.94. The molecular formula is C25H30N4O3. The third-order valence-electron chi connectivity index (χ3n) is 7.32. The van der Waals surface area contributed by atoms with Gasteiger partial charge < -0.3 is 15.4 Å². The van der Waals surface area contributed by atoms with E-state index in [0.717, 1.165) is 23.3 Å². The third kappa shape index (κ3) is 4.76. The Bertz CT molecular complexity index is 943. The maximum Gasteiger partial charge on any atom is 0.245 e. The third-order valence-corrected chi connectivity index (χ3v) is 7.32. The van der Waals surface area contributed by atoms with Gasteiger partial charge in [0.2, 0.25) is 11.8 Å². The van der Waals surface area contributed by atoms with E-state index in [-0.39, 0.29) is 23.8 Å². The van der Waals surface area contributed by atoms with Crippen molar-refractivity contribution >= 4 is 17.6 Å². The molecule has 2 heterocycles. The minimum Gasteiger partial charge on any atom is -0.485 e. The van der Waals surface area contributed by atoms with Crippen LogP contribution in [0.5, 0.6) is 5.75 Å². The van der Waals surface area contributed by atoms with E-state index in [1.165, 1.54) is 38.5 Å². The summed E-state index contributed by atoms with van der Waals surface area (Å²) >= 11 is 0. The van der Waals surface area contributed by atoms with Crippen molar-refractivity contribution in [1.29, 1.82) is 0 Å². The fourth-order valence-corrected chi connectivity index (χ4v) is 6.51. The van der Waals surface area contributed by atoms with Gasteiger partial charge in [0.1, 0.15) is 6.61 Å². The van der Waals surface area contributed by atoms with Crippen molar-refractivity contribution < 1.29 is 14.3 Å². The number of rotatable bonds is 8. The average molecular weight is 435 g/mol. The molecule has 0 unspecified atom stereocenters. The predicted molar refractivity (Wildman–Crippen MR) is 120 cm³/mol. The molecule has 0 atom stereocenters. The maximum atomic E-state index is 12.7. The van der Waals surface area contributed by atoms with Gasteiger partial charge in [0, 0.05) is 25.0 Å².